The molecule has 0 amide bonds. The number of aliphatic hydroxyl groups is 1. The van der Waals surface area contributed by atoms with Gasteiger partial charge in [0.05, 0.1) is 32.7 Å². The van der Waals surface area contributed by atoms with E-state index in [1.165, 1.54) is 0 Å². The summed E-state index contributed by atoms with van der Waals surface area (Å²) in [4.78, 5) is 2.06. The van der Waals surface area contributed by atoms with Crippen LogP contribution in [0.3, 0.4) is 0 Å². The Morgan fingerprint density at radius 1 is 1.15 bits per heavy atom. The molecule has 0 aromatic rings. The smallest absolute Gasteiger partial charge is 0.107 e. The van der Waals surface area contributed by atoms with Crippen molar-refractivity contribution >= 4 is 0 Å². The molecule has 20 heavy (non-hydrogen) atoms. The number of piperazine rings is 1. The zero-order valence-electron chi connectivity index (χ0n) is 13.3. The maximum Gasteiger partial charge on any atom is 0.107 e. The van der Waals surface area contributed by atoms with E-state index in [1.807, 2.05) is 0 Å². The lowest BCUT2D eigenvalue weighted by molar-refractivity contribution is -0.886. The number of unbranched alkanes of at least 4 members (excludes halogenated alkanes) is 2. The number of rotatable bonds is 9. The summed E-state index contributed by atoms with van der Waals surface area (Å²) in [5, 5.41) is 22.7. The predicted octanol–water partition coefficient (Wildman–Crippen LogP) is 1.50. The van der Waals surface area contributed by atoms with E-state index in [0.717, 1.165) is 58.3 Å². The van der Waals surface area contributed by atoms with Gasteiger partial charge in [0.1, 0.15) is 6.23 Å². The average molecular weight is 287 g/mol. The second kappa shape index (κ2) is 8.95. The van der Waals surface area contributed by atoms with E-state index in [0.29, 0.717) is 19.0 Å². The largest absolute Gasteiger partial charge is 0.633 e. The third-order valence-corrected chi connectivity index (χ3v) is 4.29. The van der Waals surface area contributed by atoms with Gasteiger partial charge < -0.3 is 20.7 Å². The first-order valence-corrected chi connectivity index (χ1v) is 8.16. The van der Waals surface area contributed by atoms with Crippen molar-refractivity contribution in [2.45, 2.75) is 52.2 Å². The van der Waals surface area contributed by atoms with Crippen LogP contribution in [0.15, 0.2) is 0 Å². The van der Waals surface area contributed by atoms with Crippen LogP contribution in [0.1, 0.15) is 46.0 Å². The Balaban J connectivity index is 2.23. The van der Waals surface area contributed by atoms with E-state index in [-0.39, 0.29) is 10.9 Å². The number of quaternary nitrogens is 1. The van der Waals surface area contributed by atoms with E-state index in [4.69, 9.17) is 5.73 Å². The third-order valence-electron chi connectivity index (χ3n) is 4.29. The lowest BCUT2D eigenvalue weighted by Gasteiger charge is -2.49. The number of nitrogens with two attached hydrogens (primary N) is 1. The van der Waals surface area contributed by atoms with Gasteiger partial charge in [-0.1, -0.05) is 20.3 Å². The molecule has 1 aliphatic heterocycles. The normalized spacial score (nSPS) is 21.3. The van der Waals surface area contributed by atoms with Gasteiger partial charge in [0.25, 0.3) is 0 Å². The number of aliphatic hydroxyl groups excluding tert-OH is 1. The molecule has 0 spiro atoms. The minimum absolute atomic E-state index is 0.0748. The number of hydrogen-bond acceptors (Lipinski definition) is 4. The second-order valence-corrected chi connectivity index (χ2v) is 6.57. The molecule has 0 aromatic heterocycles. The highest BCUT2D eigenvalue weighted by Crippen LogP contribution is 2.17. The van der Waals surface area contributed by atoms with Gasteiger partial charge in [-0.25, -0.2) is 0 Å². The molecule has 1 heterocycles. The van der Waals surface area contributed by atoms with Crippen LogP contribution < -0.4 is 5.73 Å². The van der Waals surface area contributed by atoms with Gasteiger partial charge in [-0.3, -0.25) is 4.90 Å². The van der Waals surface area contributed by atoms with Crippen molar-refractivity contribution in [3.8, 4) is 0 Å². The molecule has 120 valence electrons. The van der Waals surface area contributed by atoms with Crippen molar-refractivity contribution < 1.29 is 9.75 Å². The SMILES string of the molecule is CC(C)CC[N+]1([O-])CCN(C(O)CCCCCN)CC1. The number of hydrogen-bond donors (Lipinski definition) is 2. The molecule has 0 saturated carbocycles. The molecule has 1 fully saturated rings. The molecule has 0 aromatic carbocycles. The van der Waals surface area contributed by atoms with E-state index in [9.17, 15) is 10.3 Å². The van der Waals surface area contributed by atoms with Crippen molar-refractivity contribution in [1.82, 2.24) is 4.90 Å². The summed E-state index contributed by atoms with van der Waals surface area (Å²) in [6, 6.07) is 0. The van der Waals surface area contributed by atoms with E-state index < -0.39 is 0 Å². The molecule has 3 N–H and O–H groups in total. The monoisotopic (exact) mass is 287 g/mol. The number of nitrogens with zero attached hydrogens (tertiary/aromatic N) is 2. The van der Waals surface area contributed by atoms with Crippen molar-refractivity contribution in [3.05, 3.63) is 5.21 Å². The fraction of sp³-hybridized carbons (Fsp3) is 1.00. The minimum atomic E-state index is -0.383. The lowest BCUT2D eigenvalue weighted by atomic mass is 10.1. The van der Waals surface area contributed by atoms with Crippen LogP contribution in [0.5, 0.6) is 0 Å². The van der Waals surface area contributed by atoms with Crippen LogP contribution in [0.25, 0.3) is 0 Å². The fourth-order valence-corrected chi connectivity index (χ4v) is 2.69. The minimum Gasteiger partial charge on any atom is -0.633 e. The maximum absolute atomic E-state index is 12.5. The first-order valence-electron chi connectivity index (χ1n) is 8.16. The van der Waals surface area contributed by atoms with Crippen LogP contribution in [0.4, 0.5) is 0 Å². The molecule has 5 nitrogen and oxygen atoms in total. The predicted molar refractivity (Wildman–Crippen MR) is 82.8 cm³/mol. The Bertz CT molecular complexity index is 254. The first-order chi connectivity index (χ1) is 9.47. The first kappa shape index (κ1) is 17.9. The Morgan fingerprint density at radius 3 is 2.35 bits per heavy atom. The molecule has 1 aliphatic rings. The Morgan fingerprint density at radius 2 is 1.80 bits per heavy atom. The highest BCUT2D eigenvalue weighted by Gasteiger charge is 2.28. The molecular weight excluding hydrogens is 254 g/mol. The van der Waals surface area contributed by atoms with Gasteiger partial charge in [-0.15, -0.1) is 0 Å². The molecule has 1 rings (SSSR count). The highest BCUT2D eigenvalue weighted by molar-refractivity contribution is 4.68. The van der Waals surface area contributed by atoms with Crippen LogP contribution in [-0.2, 0) is 0 Å². The summed E-state index contributed by atoms with van der Waals surface area (Å²) in [5.41, 5.74) is 5.46. The average Bonchev–Trinajstić information content (AvgIpc) is 2.42. The van der Waals surface area contributed by atoms with Gasteiger partial charge in [0, 0.05) is 0 Å². The van der Waals surface area contributed by atoms with Crippen molar-refractivity contribution in [3.63, 3.8) is 0 Å². The van der Waals surface area contributed by atoms with E-state index in [2.05, 4.69) is 18.7 Å². The summed E-state index contributed by atoms with van der Waals surface area (Å²) in [7, 11) is 0. The van der Waals surface area contributed by atoms with Crippen molar-refractivity contribution in [2.75, 3.05) is 39.3 Å². The maximum atomic E-state index is 12.5. The van der Waals surface area contributed by atoms with Gasteiger partial charge >= 0.3 is 0 Å². The standard InChI is InChI=1S/C15H33N3O2/c1-14(2)7-11-18(20)12-9-17(10-13-18)15(19)6-4-3-5-8-16/h14-15,19H,3-13,16H2,1-2H3. The molecular formula is C15H33N3O2. The lowest BCUT2D eigenvalue weighted by Crippen LogP contribution is -2.58. The van der Waals surface area contributed by atoms with Crippen molar-refractivity contribution in [1.29, 1.82) is 0 Å². The highest BCUT2D eigenvalue weighted by atomic mass is 16.5. The van der Waals surface area contributed by atoms with Crippen LogP contribution >= 0.6 is 0 Å². The second-order valence-electron chi connectivity index (χ2n) is 6.57. The molecule has 1 saturated heterocycles. The van der Waals surface area contributed by atoms with Crippen LogP contribution in [0.2, 0.25) is 0 Å². The van der Waals surface area contributed by atoms with Crippen LogP contribution in [0, 0.1) is 11.1 Å². The molecule has 0 radical (unpaired) electrons. The quantitative estimate of drug-likeness (QED) is 0.383. The summed E-state index contributed by atoms with van der Waals surface area (Å²) >= 11 is 0. The zero-order valence-corrected chi connectivity index (χ0v) is 13.3. The van der Waals surface area contributed by atoms with E-state index >= 15 is 0 Å². The Labute approximate surface area is 123 Å². The molecule has 0 aliphatic carbocycles. The molecule has 1 unspecified atom stereocenters. The van der Waals surface area contributed by atoms with Gasteiger partial charge in [-0.05, 0) is 38.1 Å². The van der Waals surface area contributed by atoms with Gasteiger partial charge in [0.15, 0.2) is 0 Å². The summed E-state index contributed by atoms with van der Waals surface area (Å²) in [6.45, 7) is 8.45. The summed E-state index contributed by atoms with van der Waals surface area (Å²) < 4.78 is -0.0748. The van der Waals surface area contributed by atoms with E-state index in [1.54, 1.807) is 0 Å². The molecule has 0 bridgehead atoms. The fourth-order valence-electron chi connectivity index (χ4n) is 2.69. The zero-order chi connectivity index (χ0) is 15.0. The van der Waals surface area contributed by atoms with Gasteiger partial charge in [-0.2, -0.15) is 0 Å². The Kier molecular flexibility index (Phi) is 7.99. The number of hydroxylamine groups is 3. The van der Waals surface area contributed by atoms with Crippen molar-refractivity contribution in [2.24, 2.45) is 11.7 Å². The Hall–Kier alpha value is -0.200. The summed E-state index contributed by atoms with van der Waals surface area (Å²) in [6.07, 6.45) is 4.53. The topological polar surface area (TPSA) is 72.5 Å². The van der Waals surface area contributed by atoms with Crippen LogP contribution in [-0.4, -0.2) is 60.1 Å². The van der Waals surface area contributed by atoms with Gasteiger partial charge in [0.2, 0.25) is 0 Å². The molecule has 5 heteroatoms. The molecule has 1 atom stereocenters. The summed E-state index contributed by atoms with van der Waals surface area (Å²) in [5.74, 6) is 0.588. The third kappa shape index (κ3) is 6.50.